The molecule has 7 heteroatoms. The molecule has 6 nitrogen and oxygen atoms in total. The molecule has 1 N–H and O–H groups in total. The van der Waals surface area contributed by atoms with Crippen LogP contribution in [0.15, 0.2) is 41.3 Å². The molecule has 0 aliphatic carbocycles. The fourth-order valence-electron chi connectivity index (χ4n) is 2.62. The molecule has 0 atom stereocenters. The van der Waals surface area contributed by atoms with Crippen molar-refractivity contribution in [2.75, 3.05) is 18.2 Å². The van der Waals surface area contributed by atoms with Gasteiger partial charge in [0.2, 0.25) is 0 Å². The molecule has 0 saturated carbocycles. The lowest BCUT2D eigenvalue weighted by molar-refractivity contribution is -0.119. The largest absolute Gasteiger partial charge is 0.452 e. The summed E-state index contributed by atoms with van der Waals surface area (Å²) < 4.78 is 28.1. The van der Waals surface area contributed by atoms with E-state index in [0.29, 0.717) is 5.69 Å². The minimum Gasteiger partial charge on any atom is -0.452 e. The highest BCUT2D eigenvalue weighted by Gasteiger charge is 2.15. The standard InChI is InChI=1S/C19H21NO5S/c1-12-8-13(2)18(14(3)9-12)20-17(21)11-25-19(22)15-6-5-7-16(10-15)26(4,23)24/h5-10H,11H2,1-4H3,(H,20,21). The van der Waals surface area contributed by atoms with Gasteiger partial charge in [-0.25, -0.2) is 13.2 Å². The zero-order valence-corrected chi connectivity index (χ0v) is 15.9. The molecule has 26 heavy (non-hydrogen) atoms. The first-order valence-corrected chi connectivity index (χ1v) is 9.82. The molecule has 0 radical (unpaired) electrons. The summed E-state index contributed by atoms with van der Waals surface area (Å²) in [6.45, 7) is 5.28. The Morgan fingerprint density at radius 1 is 1.04 bits per heavy atom. The average Bonchev–Trinajstić information content (AvgIpc) is 2.55. The van der Waals surface area contributed by atoms with Crippen LogP contribution in [-0.2, 0) is 19.4 Å². The molecule has 2 aromatic carbocycles. The van der Waals surface area contributed by atoms with Gasteiger partial charge in [-0.05, 0) is 50.1 Å². The molecule has 0 aliphatic rings. The van der Waals surface area contributed by atoms with E-state index in [-0.39, 0.29) is 10.5 Å². The van der Waals surface area contributed by atoms with Gasteiger partial charge in [0.25, 0.3) is 5.91 Å². The monoisotopic (exact) mass is 375 g/mol. The molecule has 0 spiro atoms. The maximum atomic E-state index is 12.1. The van der Waals surface area contributed by atoms with Crippen LogP contribution in [0.5, 0.6) is 0 Å². The van der Waals surface area contributed by atoms with E-state index < -0.39 is 28.3 Å². The summed E-state index contributed by atoms with van der Waals surface area (Å²) in [6.07, 6.45) is 1.05. The minimum absolute atomic E-state index is 0.0160. The van der Waals surface area contributed by atoms with Gasteiger partial charge in [0, 0.05) is 11.9 Å². The van der Waals surface area contributed by atoms with Crippen molar-refractivity contribution in [3.05, 3.63) is 58.7 Å². The number of ether oxygens (including phenoxy) is 1. The Hall–Kier alpha value is -2.67. The lowest BCUT2D eigenvalue weighted by Crippen LogP contribution is -2.22. The SMILES string of the molecule is Cc1cc(C)c(NC(=O)COC(=O)c2cccc(S(C)(=O)=O)c2)c(C)c1. The van der Waals surface area contributed by atoms with Gasteiger partial charge in [-0.3, -0.25) is 4.79 Å². The average molecular weight is 375 g/mol. The number of amides is 1. The van der Waals surface area contributed by atoms with Crippen LogP contribution in [-0.4, -0.2) is 33.2 Å². The van der Waals surface area contributed by atoms with E-state index in [4.69, 9.17) is 4.74 Å². The lowest BCUT2D eigenvalue weighted by Gasteiger charge is -2.13. The first kappa shape index (κ1) is 19.7. The summed E-state index contributed by atoms with van der Waals surface area (Å²) in [4.78, 5) is 24.2. The van der Waals surface area contributed by atoms with Gasteiger partial charge in [0.15, 0.2) is 16.4 Å². The quantitative estimate of drug-likeness (QED) is 0.812. The maximum Gasteiger partial charge on any atom is 0.338 e. The summed E-state index contributed by atoms with van der Waals surface area (Å²) >= 11 is 0. The highest BCUT2D eigenvalue weighted by molar-refractivity contribution is 7.90. The van der Waals surface area contributed by atoms with E-state index in [0.717, 1.165) is 22.9 Å². The number of rotatable bonds is 5. The summed E-state index contributed by atoms with van der Waals surface area (Å²) in [5.41, 5.74) is 3.69. The fraction of sp³-hybridized carbons (Fsp3) is 0.263. The van der Waals surface area contributed by atoms with Crippen molar-refractivity contribution in [3.8, 4) is 0 Å². The zero-order valence-electron chi connectivity index (χ0n) is 15.1. The number of sulfone groups is 1. The highest BCUT2D eigenvalue weighted by atomic mass is 32.2. The zero-order chi connectivity index (χ0) is 19.5. The maximum absolute atomic E-state index is 12.1. The van der Waals surface area contributed by atoms with Crippen LogP contribution < -0.4 is 5.32 Å². The molecule has 0 bridgehead atoms. The number of aryl methyl sites for hydroxylation is 3. The van der Waals surface area contributed by atoms with E-state index in [9.17, 15) is 18.0 Å². The van der Waals surface area contributed by atoms with Gasteiger partial charge in [-0.2, -0.15) is 0 Å². The number of carbonyl (C=O) groups excluding carboxylic acids is 2. The number of nitrogens with one attached hydrogen (secondary N) is 1. The van der Waals surface area contributed by atoms with Crippen molar-refractivity contribution in [1.29, 1.82) is 0 Å². The van der Waals surface area contributed by atoms with E-state index in [1.165, 1.54) is 24.3 Å². The number of esters is 1. The Bertz CT molecular complexity index is 941. The summed E-state index contributed by atoms with van der Waals surface area (Å²) in [6, 6.07) is 9.40. The van der Waals surface area contributed by atoms with Crippen LogP contribution in [0, 0.1) is 20.8 Å². The van der Waals surface area contributed by atoms with Crippen molar-refractivity contribution in [3.63, 3.8) is 0 Å². The second-order valence-corrected chi connectivity index (χ2v) is 8.21. The number of hydrogen-bond donors (Lipinski definition) is 1. The molecule has 0 saturated heterocycles. The van der Waals surface area contributed by atoms with Gasteiger partial charge >= 0.3 is 5.97 Å². The van der Waals surface area contributed by atoms with Gasteiger partial charge < -0.3 is 10.1 Å². The smallest absolute Gasteiger partial charge is 0.338 e. The lowest BCUT2D eigenvalue weighted by atomic mass is 10.1. The molecule has 0 heterocycles. The van der Waals surface area contributed by atoms with E-state index in [1.54, 1.807) is 0 Å². The Labute approximate surface area is 153 Å². The predicted molar refractivity (Wildman–Crippen MR) is 99.1 cm³/mol. The summed E-state index contributed by atoms with van der Waals surface area (Å²) in [5, 5.41) is 2.74. The number of hydrogen-bond acceptors (Lipinski definition) is 5. The first-order valence-electron chi connectivity index (χ1n) is 7.93. The van der Waals surface area contributed by atoms with Crippen molar-refractivity contribution < 1.29 is 22.7 Å². The second kappa shape index (κ2) is 7.70. The molecule has 2 rings (SSSR count). The number of anilines is 1. The van der Waals surface area contributed by atoms with Gasteiger partial charge in [0.1, 0.15) is 0 Å². The highest BCUT2D eigenvalue weighted by Crippen LogP contribution is 2.21. The third kappa shape index (κ3) is 4.92. The Morgan fingerprint density at radius 2 is 1.65 bits per heavy atom. The first-order chi connectivity index (χ1) is 12.1. The molecule has 0 aromatic heterocycles. The topological polar surface area (TPSA) is 89.5 Å². The van der Waals surface area contributed by atoms with Gasteiger partial charge in [-0.1, -0.05) is 23.8 Å². The normalized spacial score (nSPS) is 11.1. The molecule has 0 fully saturated rings. The molecular formula is C19H21NO5S. The summed E-state index contributed by atoms with van der Waals surface area (Å²) in [7, 11) is -3.43. The fourth-order valence-corrected chi connectivity index (χ4v) is 3.29. The van der Waals surface area contributed by atoms with Crippen LogP contribution >= 0.6 is 0 Å². The minimum atomic E-state index is -3.43. The van der Waals surface area contributed by atoms with E-state index in [1.807, 2.05) is 32.9 Å². The van der Waals surface area contributed by atoms with Crippen molar-refractivity contribution in [1.82, 2.24) is 0 Å². The van der Waals surface area contributed by atoms with Crippen molar-refractivity contribution >= 4 is 27.4 Å². The second-order valence-electron chi connectivity index (χ2n) is 6.20. The Morgan fingerprint density at radius 3 is 2.23 bits per heavy atom. The van der Waals surface area contributed by atoms with Crippen LogP contribution in [0.25, 0.3) is 0 Å². The summed E-state index contributed by atoms with van der Waals surface area (Å²) in [5.74, 6) is -1.23. The van der Waals surface area contributed by atoms with E-state index in [2.05, 4.69) is 5.32 Å². The Balaban J connectivity index is 2.03. The third-order valence-electron chi connectivity index (χ3n) is 3.77. The van der Waals surface area contributed by atoms with E-state index >= 15 is 0 Å². The van der Waals surface area contributed by atoms with Crippen molar-refractivity contribution in [2.45, 2.75) is 25.7 Å². The van der Waals surface area contributed by atoms with Crippen LogP contribution in [0.4, 0.5) is 5.69 Å². The number of carbonyl (C=O) groups is 2. The number of benzene rings is 2. The molecular weight excluding hydrogens is 354 g/mol. The predicted octanol–water partition coefficient (Wildman–Crippen LogP) is 2.81. The van der Waals surface area contributed by atoms with Crippen LogP contribution in [0.2, 0.25) is 0 Å². The molecule has 0 unspecified atom stereocenters. The molecule has 138 valence electrons. The van der Waals surface area contributed by atoms with Gasteiger partial charge in [0.05, 0.1) is 10.5 Å². The Kier molecular flexibility index (Phi) is 5.82. The molecule has 0 aliphatic heterocycles. The molecule has 2 aromatic rings. The van der Waals surface area contributed by atoms with Crippen LogP contribution in [0.3, 0.4) is 0 Å². The van der Waals surface area contributed by atoms with Gasteiger partial charge in [-0.15, -0.1) is 0 Å². The third-order valence-corrected chi connectivity index (χ3v) is 4.88. The van der Waals surface area contributed by atoms with Crippen molar-refractivity contribution in [2.24, 2.45) is 0 Å². The van der Waals surface area contributed by atoms with Crippen LogP contribution in [0.1, 0.15) is 27.0 Å². The molecule has 1 amide bonds.